The molecule has 10 heteroatoms. The number of thiazole rings is 1. The number of rotatable bonds is 4. The molecule has 1 fully saturated rings. The number of nitrogens with zero attached hydrogens (tertiary/aromatic N) is 3. The number of benzene rings is 2. The van der Waals surface area contributed by atoms with Crippen LogP contribution in [0.15, 0.2) is 46.3 Å². The molecular weight excluding hydrogens is 470 g/mol. The quantitative estimate of drug-likeness (QED) is 0.527. The number of hydrogen-bond donors (Lipinski definition) is 0. The molecule has 0 spiro atoms. The molecule has 1 aliphatic rings. The maximum Gasteiger partial charge on any atom is 0.279 e. The third-order valence-corrected chi connectivity index (χ3v) is 8.55. The van der Waals surface area contributed by atoms with Gasteiger partial charge in [-0.05, 0) is 48.9 Å². The van der Waals surface area contributed by atoms with Crippen molar-refractivity contribution in [3.8, 4) is 12.3 Å². The first-order valence-corrected chi connectivity index (χ1v) is 12.5. The van der Waals surface area contributed by atoms with Gasteiger partial charge in [0.15, 0.2) is 4.80 Å². The largest absolute Gasteiger partial charge is 0.379 e. The van der Waals surface area contributed by atoms with Gasteiger partial charge in [0, 0.05) is 23.7 Å². The Bertz CT molecular complexity index is 1390. The van der Waals surface area contributed by atoms with Crippen LogP contribution >= 0.6 is 22.9 Å². The molecule has 1 saturated heterocycles. The molecule has 166 valence electrons. The summed E-state index contributed by atoms with van der Waals surface area (Å²) in [6.45, 7) is 3.48. The van der Waals surface area contributed by atoms with Crippen LogP contribution in [-0.4, -0.2) is 49.5 Å². The van der Waals surface area contributed by atoms with Gasteiger partial charge in [-0.25, -0.2) is 8.42 Å². The van der Waals surface area contributed by atoms with Crippen molar-refractivity contribution in [2.75, 3.05) is 26.3 Å². The van der Waals surface area contributed by atoms with E-state index in [0.717, 1.165) is 15.8 Å². The highest BCUT2D eigenvalue weighted by Crippen LogP contribution is 2.27. The number of hydrogen-bond acceptors (Lipinski definition) is 5. The third-order valence-electron chi connectivity index (χ3n) is 5.19. The molecule has 0 saturated carbocycles. The first-order chi connectivity index (χ1) is 15.3. The van der Waals surface area contributed by atoms with Crippen LogP contribution in [0.25, 0.3) is 10.2 Å². The second-order valence-electron chi connectivity index (χ2n) is 7.15. The van der Waals surface area contributed by atoms with Gasteiger partial charge in [0.25, 0.3) is 5.91 Å². The van der Waals surface area contributed by atoms with E-state index >= 15 is 0 Å². The number of ether oxygens (including phenoxy) is 1. The Kier molecular flexibility index (Phi) is 6.51. The van der Waals surface area contributed by atoms with Gasteiger partial charge in [-0.1, -0.05) is 28.9 Å². The normalized spacial score (nSPS) is 15.7. The van der Waals surface area contributed by atoms with E-state index in [1.54, 1.807) is 10.6 Å². The van der Waals surface area contributed by atoms with Gasteiger partial charge in [-0.15, -0.1) is 6.42 Å². The fourth-order valence-corrected chi connectivity index (χ4v) is 6.14. The molecule has 32 heavy (non-hydrogen) atoms. The minimum absolute atomic E-state index is 0.130. The fraction of sp³-hybridized carbons (Fsp3) is 0.273. The highest BCUT2D eigenvalue weighted by molar-refractivity contribution is 7.89. The number of carbonyl (C=O) groups excluding carboxylic acids is 1. The third kappa shape index (κ3) is 4.25. The van der Waals surface area contributed by atoms with Crippen LogP contribution in [0.3, 0.4) is 0 Å². The molecule has 0 N–H and O–H groups in total. The molecule has 0 atom stereocenters. The molecule has 3 aromatic rings. The number of halogens is 1. The van der Waals surface area contributed by atoms with Crippen molar-refractivity contribution >= 4 is 49.1 Å². The Labute approximate surface area is 195 Å². The number of terminal acetylenes is 1. The zero-order chi connectivity index (χ0) is 22.9. The molecule has 4 rings (SSSR count). The van der Waals surface area contributed by atoms with Gasteiger partial charge in [-0.3, -0.25) is 4.79 Å². The molecule has 2 heterocycles. The first-order valence-electron chi connectivity index (χ1n) is 9.82. The van der Waals surface area contributed by atoms with Crippen LogP contribution in [0.4, 0.5) is 0 Å². The topological polar surface area (TPSA) is 81.0 Å². The number of aryl methyl sites for hydroxylation is 1. The lowest BCUT2D eigenvalue weighted by atomic mass is 10.2. The van der Waals surface area contributed by atoms with Crippen LogP contribution in [-0.2, 0) is 21.3 Å². The second-order valence-corrected chi connectivity index (χ2v) is 10.5. The predicted octanol–water partition coefficient (Wildman–Crippen LogP) is 3.06. The van der Waals surface area contributed by atoms with Crippen LogP contribution < -0.4 is 4.80 Å². The summed E-state index contributed by atoms with van der Waals surface area (Å²) in [5, 5.41) is 0.607. The van der Waals surface area contributed by atoms with Crippen LogP contribution in [0, 0.1) is 19.3 Å². The summed E-state index contributed by atoms with van der Waals surface area (Å²) < 4.78 is 34.8. The maximum absolute atomic E-state index is 12.8. The summed E-state index contributed by atoms with van der Waals surface area (Å²) >= 11 is 7.60. The Morgan fingerprint density at radius 3 is 2.56 bits per heavy atom. The lowest BCUT2D eigenvalue weighted by molar-refractivity contribution is 0.0730. The van der Waals surface area contributed by atoms with E-state index in [4.69, 9.17) is 22.8 Å². The van der Waals surface area contributed by atoms with Crippen molar-refractivity contribution in [1.29, 1.82) is 0 Å². The number of morpholine rings is 1. The predicted molar refractivity (Wildman–Crippen MR) is 124 cm³/mol. The van der Waals surface area contributed by atoms with Gasteiger partial charge in [-0.2, -0.15) is 9.30 Å². The molecule has 0 aliphatic carbocycles. The van der Waals surface area contributed by atoms with E-state index in [-0.39, 0.29) is 17.0 Å². The number of aromatic nitrogens is 1. The molecule has 2 aromatic carbocycles. The molecule has 1 aromatic heterocycles. The first kappa shape index (κ1) is 22.7. The zero-order valence-corrected chi connectivity index (χ0v) is 19.6. The Hall–Kier alpha value is -2.48. The van der Waals surface area contributed by atoms with Crippen molar-refractivity contribution in [1.82, 2.24) is 8.87 Å². The smallest absolute Gasteiger partial charge is 0.279 e. The Morgan fingerprint density at radius 2 is 1.91 bits per heavy atom. The van der Waals surface area contributed by atoms with Crippen LogP contribution in [0.2, 0.25) is 5.02 Å². The van der Waals surface area contributed by atoms with Crippen molar-refractivity contribution in [3.05, 3.63) is 57.3 Å². The highest BCUT2D eigenvalue weighted by Gasteiger charge is 2.26. The van der Waals surface area contributed by atoms with E-state index in [9.17, 15) is 13.2 Å². The van der Waals surface area contributed by atoms with Gasteiger partial charge in [0.1, 0.15) is 0 Å². The van der Waals surface area contributed by atoms with Crippen molar-refractivity contribution in [2.24, 2.45) is 4.99 Å². The summed E-state index contributed by atoms with van der Waals surface area (Å²) in [6.07, 6.45) is 5.53. The lowest BCUT2D eigenvalue weighted by Crippen LogP contribution is -2.40. The van der Waals surface area contributed by atoms with E-state index in [0.29, 0.717) is 36.1 Å². The van der Waals surface area contributed by atoms with Crippen LogP contribution in [0.5, 0.6) is 0 Å². The highest BCUT2D eigenvalue weighted by atomic mass is 35.5. The summed E-state index contributed by atoms with van der Waals surface area (Å²) in [5.74, 6) is 2.11. The summed E-state index contributed by atoms with van der Waals surface area (Å²) in [4.78, 5) is 17.7. The Balaban J connectivity index is 1.68. The molecule has 1 aliphatic heterocycles. The van der Waals surface area contributed by atoms with Gasteiger partial charge < -0.3 is 9.30 Å². The zero-order valence-electron chi connectivity index (χ0n) is 17.2. The van der Waals surface area contributed by atoms with Crippen molar-refractivity contribution in [3.63, 3.8) is 0 Å². The second kappa shape index (κ2) is 9.17. The van der Waals surface area contributed by atoms with Crippen molar-refractivity contribution in [2.45, 2.75) is 18.4 Å². The average molecular weight is 490 g/mol. The molecule has 7 nitrogen and oxygen atoms in total. The van der Waals surface area contributed by atoms with E-state index < -0.39 is 15.9 Å². The molecule has 0 bridgehead atoms. The average Bonchev–Trinajstić information content (AvgIpc) is 3.15. The molecule has 1 amide bonds. The number of sulfonamides is 1. The van der Waals surface area contributed by atoms with Gasteiger partial charge >= 0.3 is 0 Å². The lowest BCUT2D eigenvalue weighted by Gasteiger charge is -2.26. The molecular formula is C22H20ClN3O4S2. The number of amides is 1. The minimum atomic E-state index is -3.63. The van der Waals surface area contributed by atoms with E-state index in [1.165, 1.54) is 39.9 Å². The van der Waals surface area contributed by atoms with E-state index in [1.807, 2.05) is 13.0 Å². The van der Waals surface area contributed by atoms with Gasteiger partial charge in [0.05, 0.1) is 34.9 Å². The SMILES string of the molecule is C#CCn1c(=NC(=O)c2ccc(S(=O)(=O)N3CCOCC3)cc2)sc2ccc(Cl)c(C)c21. The van der Waals surface area contributed by atoms with Crippen molar-refractivity contribution < 1.29 is 17.9 Å². The van der Waals surface area contributed by atoms with E-state index in [2.05, 4.69) is 10.9 Å². The minimum Gasteiger partial charge on any atom is -0.379 e. The summed E-state index contributed by atoms with van der Waals surface area (Å²) in [5.41, 5.74) is 1.99. The number of fused-ring (bicyclic) bond motifs is 1. The fourth-order valence-electron chi connectivity index (χ4n) is 3.50. The molecule has 0 unspecified atom stereocenters. The maximum atomic E-state index is 12.8. The Morgan fingerprint density at radius 1 is 1.22 bits per heavy atom. The summed E-state index contributed by atoms with van der Waals surface area (Å²) in [6, 6.07) is 9.47. The summed E-state index contributed by atoms with van der Waals surface area (Å²) in [7, 11) is -3.63. The monoisotopic (exact) mass is 489 g/mol. The molecule has 0 radical (unpaired) electrons. The van der Waals surface area contributed by atoms with Gasteiger partial charge in [0.2, 0.25) is 10.0 Å². The standard InChI is InChI=1S/C22H20ClN3O4S2/c1-3-10-26-20-15(2)18(23)8-9-19(20)31-22(26)24-21(27)16-4-6-17(7-5-16)32(28,29)25-11-13-30-14-12-25/h1,4-9H,10-14H2,2H3. The number of carbonyl (C=O) groups is 1. The van der Waals surface area contributed by atoms with Crippen LogP contribution in [0.1, 0.15) is 15.9 Å².